The van der Waals surface area contributed by atoms with E-state index in [1.165, 1.54) is 170 Å². The maximum absolute atomic E-state index is 14.8. The summed E-state index contributed by atoms with van der Waals surface area (Å²) >= 11 is 0. The van der Waals surface area contributed by atoms with Crippen molar-refractivity contribution in [3.05, 3.63) is 143 Å². The van der Waals surface area contributed by atoms with Gasteiger partial charge in [-0.1, -0.05) is 208 Å². The Morgan fingerprint density at radius 1 is 0.410 bits per heavy atom. The van der Waals surface area contributed by atoms with Crippen LogP contribution in [0, 0.1) is 95.3 Å². The fourth-order valence-electron chi connectivity index (χ4n) is 16.6. The first-order chi connectivity index (χ1) is 40.4. The minimum atomic E-state index is -1.53. The van der Waals surface area contributed by atoms with Gasteiger partial charge in [0, 0.05) is 5.56 Å². The van der Waals surface area contributed by atoms with Crippen LogP contribution < -0.4 is 0 Å². The summed E-state index contributed by atoms with van der Waals surface area (Å²) in [5, 5.41) is 0. The van der Waals surface area contributed by atoms with E-state index in [0.717, 1.165) is 108 Å². The molecule has 0 nitrogen and oxygen atoms in total. The van der Waals surface area contributed by atoms with Crippen molar-refractivity contribution in [2.45, 2.75) is 260 Å². The molecule has 0 radical (unpaired) electrons. The second-order valence-electron chi connectivity index (χ2n) is 27.5. The highest BCUT2D eigenvalue weighted by atomic mass is 19.2. The fraction of sp³-hybridized carbons (Fsp3) is 0.646. The summed E-state index contributed by atoms with van der Waals surface area (Å²) < 4.78 is 55.1. The van der Waals surface area contributed by atoms with E-state index in [2.05, 4.69) is 121 Å². The Labute approximate surface area is 505 Å². The Balaban J connectivity index is 0.000000166. The highest BCUT2D eigenvalue weighted by molar-refractivity contribution is 5.65. The minimum Gasteiger partial charge on any atom is -0.206 e. The topological polar surface area (TPSA) is 0 Å². The molecule has 0 bridgehead atoms. The summed E-state index contributed by atoms with van der Waals surface area (Å²) in [7, 11) is 0. The van der Waals surface area contributed by atoms with Crippen LogP contribution in [0.1, 0.15) is 263 Å². The number of hydrogen-bond donors (Lipinski definition) is 0. The molecule has 458 valence electrons. The molecular weight excluding hydrogens is 1020 g/mol. The molecule has 6 fully saturated rings. The van der Waals surface area contributed by atoms with Crippen molar-refractivity contribution in [3.63, 3.8) is 0 Å². The van der Waals surface area contributed by atoms with E-state index in [9.17, 15) is 17.6 Å². The molecule has 4 aromatic carbocycles. The molecule has 0 spiro atoms. The first-order valence-electron chi connectivity index (χ1n) is 34.8. The van der Waals surface area contributed by atoms with Gasteiger partial charge in [-0.05, 0) is 253 Å². The number of hydrogen-bond acceptors (Lipinski definition) is 0. The van der Waals surface area contributed by atoms with Crippen molar-refractivity contribution in [2.75, 3.05) is 0 Å². The standard InChI is InChI=1S/C27H32F4.C18H20.C17H32.C17H30/c1-2-3-17-4-6-18(7-5-17)19-8-10-20(11-9-19)21-12-13-23(24(28)14-21)22-15-25(29)27(31)26(30)16-22;1-3-4-5-6-16-9-13-18(14-10-16)17-11-7-15(2)8-12-17;2*1-3-5-15-8-12-17(13-9-15)16-10-6-14(4-2)7-11-16/h12-20H,2-11H2,1H3;3-4,7-14H,5-6H2,1-2H3;14-17H,3-13H2,1-2H3;3,5,14-17H,4,6-13H2,1-2H3/b;4-3+;;5-3+. The van der Waals surface area contributed by atoms with Crippen molar-refractivity contribution in [3.8, 4) is 22.3 Å². The molecule has 6 aliphatic rings. The smallest absolute Gasteiger partial charge is 0.194 e. The molecule has 4 aromatic rings. The number of rotatable bonds is 16. The molecule has 4 heteroatoms. The lowest BCUT2D eigenvalue weighted by molar-refractivity contribution is 0.142. The quantitative estimate of drug-likeness (QED) is 0.0596. The molecule has 0 amide bonds. The summed E-state index contributed by atoms with van der Waals surface area (Å²) in [4.78, 5) is 0. The molecule has 6 aliphatic carbocycles. The number of halogens is 4. The monoisotopic (exact) mass is 1140 g/mol. The second-order valence-corrected chi connectivity index (χ2v) is 27.5. The Hall–Kier alpha value is -3.92. The highest BCUT2D eigenvalue weighted by Gasteiger charge is 2.33. The Bertz CT molecular complexity index is 2430. The van der Waals surface area contributed by atoms with Gasteiger partial charge >= 0.3 is 0 Å². The predicted molar refractivity (Wildman–Crippen MR) is 349 cm³/mol. The largest absolute Gasteiger partial charge is 0.206 e. The van der Waals surface area contributed by atoms with Gasteiger partial charge < -0.3 is 0 Å². The van der Waals surface area contributed by atoms with Gasteiger partial charge in [-0.25, -0.2) is 17.6 Å². The molecule has 6 saturated carbocycles. The SMILES string of the molecule is C/C=C/C1CCC(C2CCC(CC)CC2)CC1.C/C=C/CCc1ccc(-c2ccc(C)cc2)cc1.CCCC1CCC(C2CCC(CC)CC2)CC1.CCCC1CCC(C2CCC(c3ccc(-c4cc(F)c(F)c(F)c4)c(F)c3)CC2)CC1. The third kappa shape index (κ3) is 20.9. The molecule has 0 N–H and O–H groups in total. The van der Waals surface area contributed by atoms with Crippen molar-refractivity contribution >= 4 is 0 Å². The van der Waals surface area contributed by atoms with Crippen LogP contribution in [0.5, 0.6) is 0 Å². The zero-order valence-corrected chi connectivity index (χ0v) is 53.4. The van der Waals surface area contributed by atoms with Crippen LogP contribution in [-0.4, -0.2) is 0 Å². The normalized spacial score (nSPS) is 28.5. The molecule has 0 saturated heterocycles. The zero-order chi connectivity index (χ0) is 58.9. The lowest BCUT2D eigenvalue weighted by atomic mass is 9.68. The van der Waals surface area contributed by atoms with Crippen molar-refractivity contribution in [1.29, 1.82) is 0 Å². The van der Waals surface area contributed by atoms with Crippen molar-refractivity contribution < 1.29 is 17.6 Å². The molecule has 83 heavy (non-hydrogen) atoms. The van der Waals surface area contributed by atoms with Crippen LogP contribution in [0.4, 0.5) is 17.6 Å². The number of allylic oxidation sites excluding steroid dienone is 4. The fourth-order valence-corrected chi connectivity index (χ4v) is 16.6. The highest BCUT2D eigenvalue weighted by Crippen LogP contribution is 2.47. The van der Waals surface area contributed by atoms with E-state index in [-0.39, 0.29) is 11.1 Å². The maximum atomic E-state index is 14.8. The molecule has 10 rings (SSSR count). The lowest BCUT2D eigenvalue weighted by Crippen LogP contribution is -2.25. The first-order valence-corrected chi connectivity index (χ1v) is 34.8. The molecule has 0 aliphatic heterocycles. The van der Waals surface area contributed by atoms with E-state index in [4.69, 9.17) is 0 Å². The third-order valence-electron chi connectivity index (χ3n) is 22.1. The van der Waals surface area contributed by atoms with Crippen molar-refractivity contribution in [1.82, 2.24) is 0 Å². The van der Waals surface area contributed by atoms with Gasteiger partial charge in [-0.3, -0.25) is 0 Å². The van der Waals surface area contributed by atoms with Gasteiger partial charge in [0.05, 0.1) is 0 Å². The Morgan fingerprint density at radius 3 is 1.22 bits per heavy atom. The van der Waals surface area contributed by atoms with Gasteiger partial charge in [0.1, 0.15) is 5.82 Å². The van der Waals surface area contributed by atoms with Gasteiger partial charge in [0.15, 0.2) is 17.5 Å². The average Bonchev–Trinajstić information content (AvgIpc) is 3.58. The third-order valence-corrected chi connectivity index (χ3v) is 22.1. The van der Waals surface area contributed by atoms with E-state index in [1.807, 2.05) is 6.07 Å². The van der Waals surface area contributed by atoms with Gasteiger partial charge in [0.2, 0.25) is 0 Å². The number of benzene rings is 4. The average molecular weight is 1140 g/mol. The van der Waals surface area contributed by atoms with E-state index in [1.54, 1.807) is 44.6 Å². The molecule has 0 aromatic heterocycles. The molecule has 0 unspecified atom stereocenters. The minimum absolute atomic E-state index is 0.0165. The van der Waals surface area contributed by atoms with E-state index in [0.29, 0.717) is 5.92 Å². The maximum Gasteiger partial charge on any atom is 0.194 e. The summed E-state index contributed by atoms with van der Waals surface area (Å²) in [6.45, 7) is 15.7. The van der Waals surface area contributed by atoms with Crippen LogP contribution in [0.25, 0.3) is 22.3 Å². The Kier molecular flexibility index (Phi) is 28.6. The van der Waals surface area contributed by atoms with Crippen LogP contribution in [0.15, 0.2) is 103 Å². The van der Waals surface area contributed by atoms with Crippen molar-refractivity contribution in [2.24, 2.45) is 65.1 Å². The summed E-state index contributed by atoms with van der Waals surface area (Å²) in [5.74, 6) is 6.78. The van der Waals surface area contributed by atoms with E-state index >= 15 is 0 Å². The van der Waals surface area contributed by atoms with Crippen LogP contribution >= 0.6 is 0 Å². The van der Waals surface area contributed by atoms with E-state index < -0.39 is 23.3 Å². The van der Waals surface area contributed by atoms with Crippen LogP contribution in [-0.2, 0) is 6.42 Å². The summed E-state index contributed by atoms with van der Waals surface area (Å²) in [6, 6.07) is 24.2. The van der Waals surface area contributed by atoms with Gasteiger partial charge in [-0.2, -0.15) is 0 Å². The Morgan fingerprint density at radius 2 is 0.819 bits per heavy atom. The summed E-state index contributed by atoms with van der Waals surface area (Å²) in [6.07, 6.45) is 54.2. The van der Waals surface area contributed by atoms with Crippen LogP contribution in [0.3, 0.4) is 0 Å². The predicted octanol–water partition coefficient (Wildman–Crippen LogP) is 25.4. The summed E-state index contributed by atoms with van der Waals surface area (Å²) in [5.41, 5.74) is 6.37. The molecule has 0 heterocycles. The zero-order valence-electron chi connectivity index (χ0n) is 53.4. The first kappa shape index (κ1) is 66.6. The van der Waals surface area contributed by atoms with Gasteiger partial charge in [0.25, 0.3) is 0 Å². The van der Waals surface area contributed by atoms with Crippen LogP contribution in [0.2, 0.25) is 0 Å². The number of aryl methyl sites for hydroxylation is 2. The van der Waals surface area contributed by atoms with Gasteiger partial charge in [-0.15, -0.1) is 0 Å². The lowest BCUT2D eigenvalue weighted by Gasteiger charge is -2.38. The molecular formula is C79H114F4. The molecule has 0 atom stereocenters. The second kappa shape index (κ2) is 35.6.